The Balaban J connectivity index is 1.17. The Hall–Kier alpha value is -4.61. The monoisotopic (exact) mass is 588 g/mol. The molecular weight excluding hydrogens is 560 g/mol. The lowest BCUT2D eigenvalue weighted by Crippen LogP contribution is -2.49. The highest BCUT2D eigenvalue weighted by atomic mass is 35.5. The van der Waals surface area contributed by atoms with Gasteiger partial charge in [-0.1, -0.05) is 48.0 Å². The molecule has 216 valence electrons. The fourth-order valence-corrected chi connectivity index (χ4v) is 5.94. The normalized spacial score (nSPS) is 18.4. The lowest BCUT2D eigenvalue weighted by atomic mass is 9.90. The van der Waals surface area contributed by atoms with Crippen LogP contribution in [-0.2, 0) is 28.0 Å². The Kier molecular flexibility index (Phi) is 7.44. The maximum Gasteiger partial charge on any atom is 0.412 e. The van der Waals surface area contributed by atoms with Gasteiger partial charge < -0.3 is 20.1 Å². The summed E-state index contributed by atoms with van der Waals surface area (Å²) in [7, 11) is 0. The van der Waals surface area contributed by atoms with Crippen molar-refractivity contribution in [1.82, 2.24) is 20.4 Å². The number of ether oxygens (including phenoxy) is 1. The topological polar surface area (TPSA) is 149 Å². The van der Waals surface area contributed by atoms with Crippen LogP contribution in [0.5, 0.6) is 0 Å². The predicted molar refractivity (Wildman–Crippen MR) is 158 cm³/mol. The number of hydrogen-bond donors (Lipinski definition) is 5. The first kappa shape index (κ1) is 27.6. The Morgan fingerprint density at radius 1 is 1.12 bits per heavy atom. The van der Waals surface area contributed by atoms with Crippen LogP contribution in [0, 0.1) is 0 Å². The minimum atomic E-state index is -1.18. The number of carboxylic acid groups (broad SMARTS) is 1. The fraction of sp³-hybridized carbons (Fsp3) is 0.267. The Morgan fingerprint density at radius 2 is 1.95 bits per heavy atom. The van der Waals surface area contributed by atoms with Gasteiger partial charge in [-0.25, -0.2) is 9.59 Å². The molecule has 2 aliphatic rings. The van der Waals surface area contributed by atoms with Crippen molar-refractivity contribution in [2.75, 3.05) is 30.3 Å². The molecule has 42 heavy (non-hydrogen) atoms. The minimum Gasteiger partial charge on any atom is -0.465 e. The third-order valence-electron chi connectivity index (χ3n) is 7.78. The Labute approximate surface area is 246 Å². The third-order valence-corrected chi connectivity index (χ3v) is 8.01. The summed E-state index contributed by atoms with van der Waals surface area (Å²) in [6.07, 6.45) is -0.120. The van der Waals surface area contributed by atoms with Gasteiger partial charge >= 0.3 is 12.2 Å². The minimum absolute atomic E-state index is 0.0673. The molecule has 3 amide bonds. The number of amides is 3. The molecule has 1 saturated heterocycles. The maximum absolute atomic E-state index is 14.0. The number of carbonyl (C=O) groups is 3. The van der Waals surface area contributed by atoms with E-state index in [0.717, 1.165) is 16.7 Å². The molecule has 1 fully saturated rings. The second-order valence-corrected chi connectivity index (χ2v) is 11.0. The van der Waals surface area contributed by atoms with Crippen LogP contribution in [0.15, 0.2) is 66.7 Å². The zero-order valence-electron chi connectivity index (χ0n) is 22.5. The molecule has 11 nitrogen and oxygen atoms in total. The summed E-state index contributed by atoms with van der Waals surface area (Å²) >= 11 is 6.28. The van der Waals surface area contributed by atoms with Gasteiger partial charge in [-0.05, 0) is 60.8 Å². The van der Waals surface area contributed by atoms with E-state index in [1.807, 2.05) is 48.5 Å². The number of nitrogens with one attached hydrogen (secondary N) is 4. The van der Waals surface area contributed by atoms with E-state index in [1.54, 1.807) is 23.1 Å². The summed E-state index contributed by atoms with van der Waals surface area (Å²) in [6.45, 7) is 1.20. The molecule has 2 atom stereocenters. The highest BCUT2D eigenvalue weighted by Gasteiger charge is 2.49. The third kappa shape index (κ3) is 5.61. The molecule has 0 bridgehead atoms. The van der Waals surface area contributed by atoms with E-state index in [-0.39, 0.29) is 18.3 Å². The molecule has 0 aliphatic carbocycles. The number of nitrogens with zero attached hydrogens (tertiary/aromatic N) is 2. The summed E-state index contributed by atoms with van der Waals surface area (Å²) in [5.41, 5.74) is 3.20. The Morgan fingerprint density at radius 3 is 2.76 bits per heavy atom. The molecule has 3 heterocycles. The van der Waals surface area contributed by atoms with Gasteiger partial charge in [-0.3, -0.25) is 20.5 Å². The van der Waals surface area contributed by atoms with Gasteiger partial charge in [-0.15, -0.1) is 0 Å². The van der Waals surface area contributed by atoms with Crippen molar-refractivity contribution in [2.24, 2.45) is 0 Å². The average molecular weight is 589 g/mol. The maximum atomic E-state index is 14.0. The van der Waals surface area contributed by atoms with E-state index < -0.39 is 23.8 Å². The van der Waals surface area contributed by atoms with Crippen LogP contribution in [0.25, 0.3) is 10.9 Å². The second kappa shape index (κ2) is 11.3. The van der Waals surface area contributed by atoms with Gasteiger partial charge in [0.15, 0.2) is 11.4 Å². The number of aromatic nitrogens is 2. The molecule has 1 aromatic heterocycles. The van der Waals surface area contributed by atoms with Crippen LogP contribution in [-0.4, -0.2) is 64.0 Å². The molecular formula is C30H29ClN6O5. The molecule has 4 aromatic rings. The first-order valence-electron chi connectivity index (χ1n) is 13.6. The molecule has 1 unspecified atom stereocenters. The van der Waals surface area contributed by atoms with Crippen molar-refractivity contribution in [3.8, 4) is 0 Å². The number of aromatic amines is 1. The summed E-state index contributed by atoms with van der Waals surface area (Å²) in [4.78, 5) is 39.1. The SMILES string of the molecule is O=C(O)Nc1n[nH]c2cc(CCNC(Cc3ccccc3)C(=O)N3CC[C@@]4(C3)OC(=O)Nc3ccc(Cl)cc34)ccc12. The van der Waals surface area contributed by atoms with Crippen LogP contribution in [0.2, 0.25) is 5.02 Å². The van der Waals surface area contributed by atoms with Crippen molar-refractivity contribution >= 4 is 52.1 Å². The van der Waals surface area contributed by atoms with Crippen molar-refractivity contribution in [1.29, 1.82) is 0 Å². The zero-order chi connectivity index (χ0) is 29.3. The summed E-state index contributed by atoms with van der Waals surface area (Å²) < 4.78 is 5.82. The predicted octanol–water partition coefficient (Wildman–Crippen LogP) is 4.74. The smallest absolute Gasteiger partial charge is 0.412 e. The number of benzene rings is 3. The molecule has 3 aromatic carbocycles. The number of hydrogen-bond acceptors (Lipinski definition) is 6. The zero-order valence-corrected chi connectivity index (χ0v) is 23.3. The van der Waals surface area contributed by atoms with Crippen molar-refractivity contribution in [3.63, 3.8) is 0 Å². The number of H-pyrrole nitrogens is 1. The van der Waals surface area contributed by atoms with Crippen molar-refractivity contribution in [3.05, 3.63) is 88.4 Å². The van der Waals surface area contributed by atoms with Gasteiger partial charge in [-0.2, -0.15) is 5.10 Å². The first-order chi connectivity index (χ1) is 20.3. The van der Waals surface area contributed by atoms with Crippen LogP contribution in [0.3, 0.4) is 0 Å². The standard InChI is InChI=1S/C30H29ClN6O5/c31-20-7-9-23-22(16-20)30(42-29(41)33-23)11-13-37(17-30)27(38)25(15-18-4-2-1-3-5-18)32-12-10-19-6-8-21-24(14-19)35-36-26(21)34-28(39)40/h1-9,14,16,25,32H,10-13,15,17H2,(H,33,41)(H,39,40)(H2,34,35,36)/t25?,30-/m0/s1. The fourth-order valence-electron chi connectivity index (χ4n) is 5.77. The number of carbonyl (C=O) groups excluding carboxylic acids is 2. The van der Waals surface area contributed by atoms with Crippen LogP contribution in [0.4, 0.5) is 21.1 Å². The lowest BCUT2D eigenvalue weighted by molar-refractivity contribution is -0.133. The van der Waals surface area contributed by atoms with Gasteiger partial charge in [0.2, 0.25) is 5.91 Å². The van der Waals surface area contributed by atoms with Gasteiger partial charge in [0.05, 0.1) is 23.8 Å². The van der Waals surface area contributed by atoms with Crippen LogP contribution in [0.1, 0.15) is 23.1 Å². The number of halogens is 1. The molecule has 2 aliphatic heterocycles. The van der Waals surface area contributed by atoms with E-state index >= 15 is 0 Å². The largest absolute Gasteiger partial charge is 0.465 e. The van der Waals surface area contributed by atoms with Crippen LogP contribution < -0.4 is 16.0 Å². The number of anilines is 2. The molecule has 6 rings (SSSR count). The first-order valence-corrected chi connectivity index (χ1v) is 14.0. The number of likely N-dealkylation sites (tertiary alicyclic amines) is 1. The summed E-state index contributed by atoms with van der Waals surface area (Å²) in [6, 6.07) is 20.2. The quantitative estimate of drug-likeness (QED) is 0.200. The highest BCUT2D eigenvalue weighted by Crippen LogP contribution is 2.43. The van der Waals surface area contributed by atoms with Crippen LogP contribution >= 0.6 is 11.6 Å². The van der Waals surface area contributed by atoms with E-state index in [9.17, 15) is 14.4 Å². The van der Waals surface area contributed by atoms with Gasteiger partial charge in [0.1, 0.15) is 0 Å². The van der Waals surface area contributed by atoms with Crippen molar-refractivity contribution < 1.29 is 24.2 Å². The molecule has 0 radical (unpaired) electrons. The van der Waals surface area contributed by atoms with Gasteiger partial charge in [0.25, 0.3) is 0 Å². The van der Waals surface area contributed by atoms with E-state index in [2.05, 4.69) is 26.1 Å². The second-order valence-electron chi connectivity index (χ2n) is 10.5. The molecule has 0 saturated carbocycles. The Bertz CT molecular complexity index is 1660. The van der Waals surface area contributed by atoms with E-state index in [0.29, 0.717) is 54.0 Å². The molecule has 5 N–H and O–H groups in total. The highest BCUT2D eigenvalue weighted by molar-refractivity contribution is 6.30. The van der Waals surface area contributed by atoms with Gasteiger partial charge in [0, 0.05) is 28.9 Å². The summed E-state index contributed by atoms with van der Waals surface area (Å²) in [5, 5.41) is 25.6. The molecule has 1 spiro atoms. The lowest BCUT2D eigenvalue weighted by Gasteiger charge is -2.35. The van der Waals surface area contributed by atoms with Crippen molar-refractivity contribution in [2.45, 2.75) is 30.9 Å². The number of rotatable bonds is 8. The van der Waals surface area contributed by atoms with E-state index in [1.165, 1.54) is 0 Å². The van der Waals surface area contributed by atoms with E-state index in [4.69, 9.17) is 21.4 Å². The average Bonchev–Trinajstić information content (AvgIpc) is 3.57. The molecule has 12 heteroatoms. The number of fused-ring (bicyclic) bond motifs is 3. The summed E-state index contributed by atoms with van der Waals surface area (Å²) in [5.74, 6) is 0.186.